The molecule has 1 unspecified atom stereocenters. The van der Waals surface area contributed by atoms with Gasteiger partial charge < -0.3 is 0 Å². The average molecular weight is 278 g/mol. The Kier molecular flexibility index (Phi) is 8.30. The number of halogens is 2. The molecule has 0 spiro atoms. The third-order valence-electron chi connectivity index (χ3n) is 1.93. The van der Waals surface area contributed by atoms with Crippen molar-refractivity contribution in [2.75, 3.05) is 5.88 Å². The number of aryl methyl sites for hydroxylation is 2. The van der Waals surface area contributed by atoms with E-state index in [0.717, 1.165) is 12.3 Å². The van der Waals surface area contributed by atoms with E-state index >= 15 is 0 Å². The van der Waals surface area contributed by atoms with Gasteiger partial charge in [0, 0.05) is 10.7 Å². The van der Waals surface area contributed by atoms with Crippen LogP contribution in [0.4, 0.5) is 0 Å². The second-order valence-electron chi connectivity index (χ2n) is 3.34. The fourth-order valence-electron chi connectivity index (χ4n) is 0.813. The van der Waals surface area contributed by atoms with Gasteiger partial charge >= 0.3 is 0 Å². The van der Waals surface area contributed by atoms with Crippen LogP contribution in [0.2, 0.25) is 0 Å². The van der Waals surface area contributed by atoms with E-state index < -0.39 is 0 Å². The van der Waals surface area contributed by atoms with Crippen LogP contribution in [-0.2, 0) is 0 Å². The van der Waals surface area contributed by atoms with Crippen LogP contribution in [0.1, 0.15) is 24.5 Å². The van der Waals surface area contributed by atoms with Gasteiger partial charge in [0.1, 0.15) is 0 Å². The molecule has 1 aromatic carbocycles. The van der Waals surface area contributed by atoms with Crippen molar-refractivity contribution in [3.8, 4) is 0 Å². The lowest BCUT2D eigenvalue weighted by Gasteiger charge is -1.93. The van der Waals surface area contributed by atoms with Crippen molar-refractivity contribution in [1.82, 2.24) is 0 Å². The molecule has 0 radical (unpaired) electrons. The molecule has 0 aliphatic carbocycles. The summed E-state index contributed by atoms with van der Waals surface area (Å²) < 4.78 is 0. The lowest BCUT2D eigenvalue weighted by molar-refractivity contribution is 0.929. The van der Waals surface area contributed by atoms with Gasteiger partial charge in [-0.15, -0.1) is 11.6 Å². The summed E-state index contributed by atoms with van der Waals surface area (Å²) in [6.07, 6.45) is 1.06. The summed E-state index contributed by atoms with van der Waals surface area (Å²) >= 11 is 8.72. The molecule has 1 rings (SSSR count). The molecule has 0 nitrogen and oxygen atoms in total. The Morgan fingerprint density at radius 3 is 1.79 bits per heavy atom. The predicted molar refractivity (Wildman–Crippen MR) is 69.6 cm³/mol. The summed E-state index contributed by atoms with van der Waals surface area (Å²) in [4.78, 5) is 0.579. The molecule has 0 aliphatic heterocycles. The number of hydrogen-bond acceptors (Lipinski definition) is 0. The molecule has 0 saturated carbocycles. The second kappa shape index (κ2) is 8.31. The standard InChI is InChI=1S/C8H10.C4H8BrCl/c1-7-5-3-4-6-8(7)2;1-4(5)2-3-6/h3-6H,1-2H3;4H,2-3H2,1H3. The van der Waals surface area contributed by atoms with Crippen LogP contribution in [0.3, 0.4) is 0 Å². The van der Waals surface area contributed by atoms with Crippen LogP contribution in [0, 0.1) is 13.8 Å². The molecule has 0 fully saturated rings. The van der Waals surface area contributed by atoms with Crippen LogP contribution in [0.5, 0.6) is 0 Å². The maximum Gasteiger partial charge on any atom is 0.0233 e. The molecular weight excluding hydrogens is 259 g/mol. The van der Waals surface area contributed by atoms with Gasteiger partial charge in [0.05, 0.1) is 0 Å². The maximum absolute atomic E-state index is 5.37. The highest BCUT2D eigenvalue weighted by molar-refractivity contribution is 9.09. The van der Waals surface area contributed by atoms with Gasteiger partial charge in [-0.2, -0.15) is 0 Å². The third kappa shape index (κ3) is 7.40. The molecular formula is C12H18BrCl. The zero-order valence-corrected chi connectivity index (χ0v) is 11.4. The van der Waals surface area contributed by atoms with E-state index in [4.69, 9.17) is 11.6 Å². The van der Waals surface area contributed by atoms with E-state index in [-0.39, 0.29) is 0 Å². The lowest BCUT2D eigenvalue weighted by Crippen LogP contribution is -1.87. The lowest BCUT2D eigenvalue weighted by atomic mass is 10.1. The van der Waals surface area contributed by atoms with Crippen molar-refractivity contribution in [2.24, 2.45) is 0 Å². The van der Waals surface area contributed by atoms with E-state index in [2.05, 4.69) is 61.0 Å². The first kappa shape index (κ1) is 14.0. The minimum Gasteiger partial charge on any atom is -0.127 e. The van der Waals surface area contributed by atoms with Gasteiger partial charge in [-0.1, -0.05) is 47.1 Å². The summed E-state index contributed by atoms with van der Waals surface area (Å²) in [7, 11) is 0. The Hall–Kier alpha value is -0.0100. The Morgan fingerprint density at radius 2 is 1.64 bits per heavy atom. The Balaban J connectivity index is 0.000000255. The Labute approximate surface area is 101 Å². The first-order valence-electron chi connectivity index (χ1n) is 4.80. The molecule has 14 heavy (non-hydrogen) atoms. The number of alkyl halides is 2. The van der Waals surface area contributed by atoms with Crippen LogP contribution in [0.15, 0.2) is 24.3 Å². The van der Waals surface area contributed by atoms with Crippen LogP contribution in [0.25, 0.3) is 0 Å². The molecule has 80 valence electrons. The molecule has 0 saturated heterocycles. The molecule has 1 atom stereocenters. The van der Waals surface area contributed by atoms with Crippen molar-refractivity contribution in [1.29, 1.82) is 0 Å². The van der Waals surface area contributed by atoms with Crippen molar-refractivity contribution in [3.63, 3.8) is 0 Å². The second-order valence-corrected chi connectivity index (χ2v) is 5.28. The number of rotatable bonds is 2. The monoisotopic (exact) mass is 276 g/mol. The van der Waals surface area contributed by atoms with Crippen LogP contribution >= 0.6 is 27.5 Å². The van der Waals surface area contributed by atoms with Gasteiger partial charge in [0.2, 0.25) is 0 Å². The zero-order valence-electron chi connectivity index (χ0n) is 9.06. The number of hydrogen-bond donors (Lipinski definition) is 0. The summed E-state index contributed by atoms with van der Waals surface area (Å²) in [5, 5.41) is 0. The van der Waals surface area contributed by atoms with Crippen molar-refractivity contribution >= 4 is 27.5 Å². The normalized spacial score (nSPS) is 11.5. The van der Waals surface area contributed by atoms with E-state index in [0.29, 0.717) is 4.83 Å². The highest BCUT2D eigenvalue weighted by Gasteiger charge is 1.89. The topological polar surface area (TPSA) is 0 Å². The predicted octanol–water partition coefficient (Wildman–Crippen LogP) is 4.70. The van der Waals surface area contributed by atoms with Gasteiger partial charge in [-0.3, -0.25) is 0 Å². The molecule has 2 heteroatoms. The molecule has 0 heterocycles. The Morgan fingerprint density at radius 1 is 1.21 bits per heavy atom. The highest BCUT2D eigenvalue weighted by Crippen LogP contribution is 2.03. The SMILES string of the molecule is CC(Br)CCCl.Cc1ccccc1C. The van der Waals surface area contributed by atoms with Gasteiger partial charge in [0.25, 0.3) is 0 Å². The van der Waals surface area contributed by atoms with Crippen molar-refractivity contribution in [2.45, 2.75) is 32.0 Å². The van der Waals surface area contributed by atoms with E-state index in [1.165, 1.54) is 11.1 Å². The van der Waals surface area contributed by atoms with Gasteiger partial charge in [-0.25, -0.2) is 0 Å². The number of benzene rings is 1. The van der Waals surface area contributed by atoms with Crippen LogP contribution < -0.4 is 0 Å². The molecule has 0 N–H and O–H groups in total. The molecule has 0 aromatic heterocycles. The van der Waals surface area contributed by atoms with Gasteiger partial charge in [0.15, 0.2) is 0 Å². The van der Waals surface area contributed by atoms with Gasteiger partial charge in [-0.05, 0) is 31.4 Å². The molecule has 0 aliphatic rings. The molecule has 1 aromatic rings. The van der Waals surface area contributed by atoms with Crippen molar-refractivity contribution < 1.29 is 0 Å². The van der Waals surface area contributed by atoms with E-state index in [1.807, 2.05) is 0 Å². The van der Waals surface area contributed by atoms with E-state index in [1.54, 1.807) is 0 Å². The summed E-state index contributed by atoms with van der Waals surface area (Å²) in [6.45, 7) is 6.33. The van der Waals surface area contributed by atoms with Crippen LogP contribution in [-0.4, -0.2) is 10.7 Å². The van der Waals surface area contributed by atoms with Crippen molar-refractivity contribution in [3.05, 3.63) is 35.4 Å². The largest absolute Gasteiger partial charge is 0.127 e. The molecule has 0 bridgehead atoms. The quantitative estimate of drug-likeness (QED) is 0.687. The third-order valence-corrected chi connectivity index (χ3v) is 2.61. The minimum absolute atomic E-state index is 0.579. The summed E-state index contributed by atoms with van der Waals surface area (Å²) in [6, 6.07) is 8.36. The zero-order chi connectivity index (χ0) is 11.0. The highest BCUT2D eigenvalue weighted by atomic mass is 79.9. The average Bonchev–Trinajstić information content (AvgIpc) is 2.11. The minimum atomic E-state index is 0.579. The smallest absolute Gasteiger partial charge is 0.0233 e. The fourth-order valence-corrected chi connectivity index (χ4v) is 1.63. The first-order chi connectivity index (χ1) is 6.57. The Bertz CT molecular complexity index is 225. The fraction of sp³-hybridized carbons (Fsp3) is 0.500. The summed E-state index contributed by atoms with van der Waals surface area (Å²) in [5.41, 5.74) is 2.74. The molecule has 0 amide bonds. The summed E-state index contributed by atoms with van der Waals surface area (Å²) in [5.74, 6) is 0.756. The first-order valence-corrected chi connectivity index (χ1v) is 6.25. The maximum atomic E-state index is 5.37. The van der Waals surface area contributed by atoms with E-state index in [9.17, 15) is 0 Å².